The molecule has 12 heavy (non-hydrogen) atoms. The van der Waals surface area contributed by atoms with Gasteiger partial charge in [-0.2, -0.15) is 0 Å². The van der Waals surface area contributed by atoms with Crippen LogP contribution >= 0.6 is 0 Å². The molecule has 0 radical (unpaired) electrons. The first kappa shape index (κ1) is 8.60. The smallest absolute Gasteiger partial charge is 0.241 e. The van der Waals surface area contributed by atoms with Crippen LogP contribution in [0.25, 0.3) is 0 Å². The number of tetrazole rings is 1. The Hall–Kier alpha value is -1.50. The number of carbonyl (C=O) groups is 1. The van der Waals surface area contributed by atoms with Gasteiger partial charge in [-0.25, -0.2) is 10.5 Å². The first-order valence-electron chi connectivity index (χ1n) is 3.52. The Balaban J connectivity index is 2.68. The third-order valence-corrected chi connectivity index (χ3v) is 1.39. The highest BCUT2D eigenvalue weighted by Crippen LogP contribution is 1.92. The van der Waals surface area contributed by atoms with Crippen molar-refractivity contribution >= 4 is 5.91 Å². The fourth-order valence-electron chi connectivity index (χ4n) is 0.790. The molecular weight excluding hydrogens is 160 g/mol. The summed E-state index contributed by atoms with van der Waals surface area (Å²) < 4.78 is 1.54. The quantitative estimate of drug-likeness (QED) is 0.317. The molecule has 1 rings (SSSR count). The number of hydrogen-bond acceptors (Lipinski definition) is 5. The van der Waals surface area contributed by atoms with Gasteiger partial charge in [0.25, 0.3) is 0 Å². The van der Waals surface area contributed by atoms with E-state index in [2.05, 4.69) is 15.5 Å². The molecule has 0 spiro atoms. The zero-order valence-corrected chi connectivity index (χ0v) is 6.69. The SMILES string of the molecule is CCn1nnnc1CC(=O)NN. The number of amides is 1. The number of carbonyl (C=O) groups excluding carboxylic acids is 1. The second-order valence-corrected chi connectivity index (χ2v) is 2.16. The molecule has 0 aliphatic rings. The Kier molecular flexibility index (Phi) is 2.70. The highest BCUT2D eigenvalue weighted by Gasteiger charge is 2.08. The van der Waals surface area contributed by atoms with Crippen LogP contribution in [0.1, 0.15) is 12.7 Å². The Morgan fingerprint density at radius 2 is 2.50 bits per heavy atom. The molecule has 0 atom stereocenters. The summed E-state index contributed by atoms with van der Waals surface area (Å²) in [6.07, 6.45) is 0.108. The average Bonchev–Trinajstić information content (AvgIpc) is 2.51. The molecule has 0 aromatic carbocycles. The van der Waals surface area contributed by atoms with Gasteiger partial charge in [0, 0.05) is 6.54 Å². The number of nitrogens with zero attached hydrogens (tertiary/aromatic N) is 4. The summed E-state index contributed by atoms with van der Waals surface area (Å²) in [6, 6.07) is 0. The van der Waals surface area contributed by atoms with Gasteiger partial charge in [0.05, 0.1) is 6.42 Å². The van der Waals surface area contributed by atoms with Crippen LogP contribution in [0.5, 0.6) is 0 Å². The molecule has 1 amide bonds. The molecule has 0 saturated heterocycles. The number of aryl methyl sites for hydroxylation is 1. The van der Waals surface area contributed by atoms with Gasteiger partial charge in [0.1, 0.15) is 0 Å². The molecule has 0 saturated carbocycles. The second kappa shape index (κ2) is 3.77. The number of nitrogens with one attached hydrogen (secondary N) is 1. The summed E-state index contributed by atoms with van der Waals surface area (Å²) in [5, 5.41) is 10.7. The number of hydrazine groups is 1. The molecule has 7 heteroatoms. The van der Waals surface area contributed by atoms with Gasteiger partial charge in [0.2, 0.25) is 5.91 Å². The molecular formula is C5H10N6O. The number of hydrogen-bond donors (Lipinski definition) is 2. The van der Waals surface area contributed by atoms with Crippen molar-refractivity contribution in [1.82, 2.24) is 25.6 Å². The Labute approximate surface area is 68.9 Å². The topological polar surface area (TPSA) is 98.7 Å². The van der Waals surface area contributed by atoms with E-state index in [1.54, 1.807) is 0 Å². The molecule has 1 aromatic heterocycles. The van der Waals surface area contributed by atoms with Crippen LogP contribution in [0.4, 0.5) is 0 Å². The Bertz CT molecular complexity index is 269. The monoisotopic (exact) mass is 170 g/mol. The summed E-state index contributed by atoms with van der Waals surface area (Å²) in [6.45, 7) is 2.53. The highest BCUT2D eigenvalue weighted by atomic mass is 16.2. The summed E-state index contributed by atoms with van der Waals surface area (Å²) in [7, 11) is 0. The van der Waals surface area contributed by atoms with E-state index in [0.717, 1.165) is 0 Å². The summed E-state index contributed by atoms with van der Waals surface area (Å²) in [4.78, 5) is 10.8. The largest absolute Gasteiger partial charge is 0.294 e. The van der Waals surface area contributed by atoms with Crippen molar-refractivity contribution in [1.29, 1.82) is 0 Å². The van der Waals surface area contributed by atoms with Gasteiger partial charge < -0.3 is 0 Å². The molecule has 66 valence electrons. The van der Waals surface area contributed by atoms with E-state index in [1.165, 1.54) is 4.68 Å². The van der Waals surface area contributed by atoms with Crippen molar-refractivity contribution in [3.63, 3.8) is 0 Å². The third-order valence-electron chi connectivity index (χ3n) is 1.39. The van der Waals surface area contributed by atoms with Crippen molar-refractivity contribution in [3.8, 4) is 0 Å². The Morgan fingerprint density at radius 3 is 3.08 bits per heavy atom. The molecule has 0 fully saturated rings. The first-order chi connectivity index (χ1) is 5.77. The van der Waals surface area contributed by atoms with E-state index in [-0.39, 0.29) is 12.3 Å². The molecule has 7 nitrogen and oxygen atoms in total. The number of aromatic nitrogens is 4. The number of nitrogens with two attached hydrogens (primary N) is 1. The van der Waals surface area contributed by atoms with Crippen LogP contribution in [0.15, 0.2) is 0 Å². The molecule has 1 heterocycles. The lowest BCUT2D eigenvalue weighted by Gasteiger charge is -1.98. The van der Waals surface area contributed by atoms with Crippen LogP contribution in [0, 0.1) is 0 Å². The molecule has 0 aliphatic heterocycles. The van der Waals surface area contributed by atoms with E-state index in [9.17, 15) is 4.79 Å². The Morgan fingerprint density at radius 1 is 1.75 bits per heavy atom. The molecule has 0 bridgehead atoms. The van der Waals surface area contributed by atoms with Crippen molar-refractivity contribution in [2.45, 2.75) is 19.9 Å². The van der Waals surface area contributed by atoms with Crippen LogP contribution in [-0.2, 0) is 17.8 Å². The van der Waals surface area contributed by atoms with Crippen molar-refractivity contribution < 1.29 is 4.79 Å². The second-order valence-electron chi connectivity index (χ2n) is 2.16. The molecule has 0 unspecified atom stereocenters. The predicted molar refractivity (Wildman–Crippen MR) is 39.5 cm³/mol. The number of rotatable bonds is 3. The van der Waals surface area contributed by atoms with Gasteiger partial charge in [-0.15, -0.1) is 5.10 Å². The standard InChI is InChI=1S/C5H10N6O/c1-2-11-4(8-9-10-11)3-5(12)7-6/h2-3,6H2,1H3,(H,7,12). The zero-order valence-electron chi connectivity index (χ0n) is 6.69. The van der Waals surface area contributed by atoms with Gasteiger partial charge in [-0.3, -0.25) is 10.2 Å². The lowest BCUT2D eigenvalue weighted by molar-refractivity contribution is -0.120. The summed E-state index contributed by atoms with van der Waals surface area (Å²) in [5.41, 5.74) is 2.01. The zero-order chi connectivity index (χ0) is 8.97. The van der Waals surface area contributed by atoms with Crippen LogP contribution < -0.4 is 11.3 Å². The minimum atomic E-state index is -0.306. The highest BCUT2D eigenvalue weighted by molar-refractivity contribution is 5.76. The lowest BCUT2D eigenvalue weighted by atomic mass is 10.4. The lowest BCUT2D eigenvalue weighted by Crippen LogP contribution is -2.32. The predicted octanol–water partition coefficient (Wildman–Crippen LogP) is -1.77. The van der Waals surface area contributed by atoms with Gasteiger partial charge in [0.15, 0.2) is 5.82 Å². The molecule has 0 aliphatic carbocycles. The molecule has 1 aromatic rings. The van der Waals surface area contributed by atoms with Gasteiger partial charge in [-0.05, 0) is 17.4 Å². The molecule has 3 N–H and O–H groups in total. The minimum Gasteiger partial charge on any atom is -0.294 e. The maximum atomic E-state index is 10.8. The summed E-state index contributed by atoms with van der Waals surface area (Å²) >= 11 is 0. The van der Waals surface area contributed by atoms with E-state index in [0.29, 0.717) is 12.4 Å². The van der Waals surface area contributed by atoms with Crippen molar-refractivity contribution in [3.05, 3.63) is 5.82 Å². The van der Waals surface area contributed by atoms with E-state index in [1.807, 2.05) is 12.3 Å². The van der Waals surface area contributed by atoms with E-state index >= 15 is 0 Å². The third kappa shape index (κ3) is 1.76. The van der Waals surface area contributed by atoms with Gasteiger partial charge >= 0.3 is 0 Å². The van der Waals surface area contributed by atoms with Crippen LogP contribution in [-0.4, -0.2) is 26.1 Å². The average molecular weight is 170 g/mol. The van der Waals surface area contributed by atoms with Crippen molar-refractivity contribution in [2.75, 3.05) is 0 Å². The fourth-order valence-corrected chi connectivity index (χ4v) is 0.790. The van der Waals surface area contributed by atoms with E-state index in [4.69, 9.17) is 5.84 Å². The minimum absolute atomic E-state index is 0.108. The summed E-state index contributed by atoms with van der Waals surface area (Å²) in [5.74, 6) is 5.11. The maximum absolute atomic E-state index is 10.8. The van der Waals surface area contributed by atoms with Crippen LogP contribution in [0.3, 0.4) is 0 Å². The fraction of sp³-hybridized carbons (Fsp3) is 0.600. The van der Waals surface area contributed by atoms with E-state index < -0.39 is 0 Å². The van der Waals surface area contributed by atoms with Crippen LogP contribution in [0.2, 0.25) is 0 Å². The van der Waals surface area contributed by atoms with Crippen molar-refractivity contribution in [2.24, 2.45) is 5.84 Å². The normalized spacial score (nSPS) is 9.83. The maximum Gasteiger partial charge on any atom is 0.241 e. The van der Waals surface area contributed by atoms with Gasteiger partial charge in [-0.1, -0.05) is 0 Å². The first-order valence-corrected chi connectivity index (χ1v) is 3.52.